The summed E-state index contributed by atoms with van der Waals surface area (Å²) in [5.74, 6) is 1.38. The minimum Gasteiger partial charge on any atom is -0.288 e. The fraction of sp³-hybridized carbons (Fsp3) is 0. The van der Waals surface area contributed by atoms with Gasteiger partial charge in [-0.15, -0.1) is 11.3 Å². The van der Waals surface area contributed by atoms with E-state index in [1.165, 1.54) is 30.9 Å². The van der Waals surface area contributed by atoms with Gasteiger partial charge < -0.3 is 0 Å². The summed E-state index contributed by atoms with van der Waals surface area (Å²) in [5, 5.41) is 6.05. The zero-order chi connectivity index (χ0) is 24.8. The van der Waals surface area contributed by atoms with Crippen molar-refractivity contribution < 1.29 is 0 Å². The van der Waals surface area contributed by atoms with Crippen molar-refractivity contribution in [3.63, 3.8) is 0 Å². The number of imidazole rings is 1. The van der Waals surface area contributed by atoms with Gasteiger partial charge in [-0.25, -0.2) is 15.0 Å². The van der Waals surface area contributed by atoms with E-state index in [1.54, 1.807) is 0 Å². The van der Waals surface area contributed by atoms with Crippen molar-refractivity contribution in [1.82, 2.24) is 19.4 Å². The minimum absolute atomic E-state index is 0.624. The Kier molecular flexibility index (Phi) is 3.91. The molecule has 0 fully saturated rings. The van der Waals surface area contributed by atoms with Crippen molar-refractivity contribution in [2.24, 2.45) is 0 Å². The van der Waals surface area contributed by atoms with E-state index in [0.717, 1.165) is 44.5 Å². The van der Waals surface area contributed by atoms with Gasteiger partial charge in [0.15, 0.2) is 11.6 Å². The fourth-order valence-electron chi connectivity index (χ4n) is 5.97. The molecule has 4 aromatic heterocycles. The van der Waals surface area contributed by atoms with Gasteiger partial charge in [0.25, 0.3) is 0 Å². The zero-order valence-corrected chi connectivity index (χ0v) is 20.9. The molecular formula is C33H18N4S. The summed E-state index contributed by atoms with van der Waals surface area (Å²) in [6.45, 7) is 0. The Hall–Kier alpha value is -4.87. The van der Waals surface area contributed by atoms with E-state index < -0.39 is 0 Å². The van der Waals surface area contributed by atoms with Crippen LogP contribution < -0.4 is 0 Å². The van der Waals surface area contributed by atoms with E-state index in [0.29, 0.717) is 5.82 Å². The maximum atomic E-state index is 5.20. The van der Waals surface area contributed by atoms with Gasteiger partial charge in [-0.1, -0.05) is 78.9 Å². The fourth-order valence-corrected chi connectivity index (χ4v) is 7.10. The Morgan fingerprint density at radius 3 is 2.21 bits per heavy atom. The summed E-state index contributed by atoms with van der Waals surface area (Å²) in [6, 6.07) is 38.2. The Morgan fingerprint density at radius 2 is 1.29 bits per heavy atom. The van der Waals surface area contributed by atoms with Crippen LogP contribution in [-0.4, -0.2) is 19.4 Å². The van der Waals surface area contributed by atoms with Crippen LogP contribution in [0.2, 0.25) is 0 Å². The second-order valence-corrected chi connectivity index (χ2v) is 10.7. The first-order valence-electron chi connectivity index (χ1n) is 12.6. The highest BCUT2D eigenvalue weighted by atomic mass is 32.1. The quantitative estimate of drug-likeness (QED) is 0.237. The first-order valence-corrected chi connectivity index (χ1v) is 13.5. The third-order valence-corrected chi connectivity index (χ3v) is 8.68. The van der Waals surface area contributed by atoms with Crippen LogP contribution >= 0.6 is 11.3 Å². The number of para-hydroxylation sites is 2. The molecule has 9 rings (SSSR count). The molecule has 0 aliphatic rings. The van der Waals surface area contributed by atoms with E-state index in [4.69, 9.17) is 15.0 Å². The van der Waals surface area contributed by atoms with Crippen LogP contribution in [0.3, 0.4) is 0 Å². The van der Waals surface area contributed by atoms with E-state index in [9.17, 15) is 0 Å². The predicted molar refractivity (Wildman–Crippen MR) is 158 cm³/mol. The van der Waals surface area contributed by atoms with Crippen LogP contribution in [0.15, 0.2) is 109 Å². The first kappa shape index (κ1) is 20.2. The average Bonchev–Trinajstić information content (AvgIpc) is 3.52. The number of hydrogen-bond acceptors (Lipinski definition) is 4. The van der Waals surface area contributed by atoms with Crippen molar-refractivity contribution in [1.29, 1.82) is 0 Å². The molecule has 5 aromatic carbocycles. The Labute approximate surface area is 220 Å². The van der Waals surface area contributed by atoms with Gasteiger partial charge in [-0.05, 0) is 35.7 Å². The van der Waals surface area contributed by atoms with Crippen molar-refractivity contribution in [3.8, 4) is 22.9 Å². The molecule has 4 nitrogen and oxygen atoms in total. The molecule has 0 saturated carbocycles. The molecule has 0 unspecified atom stereocenters. The van der Waals surface area contributed by atoms with E-state index in [-0.39, 0.29) is 0 Å². The standard InChI is InChI=1S/C33H18N4S/c1-2-9-19(10-3-1)30-22-12-4-6-14-23(22)34-32(36-30)33-35-24-17-18-27-29-28-21(13-8-16-26(28)38-27)20-11-5-7-15-25(20)37(33)31(24)29/h1-18H. The van der Waals surface area contributed by atoms with Crippen LogP contribution in [-0.2, 0) is 0 Å². The van der Waals surface area contributed by atoms with Gasteiger partial charge in [-0.2, -0.15) is 0 Å². The van der Waals surface area contributed by atoms with Gasteiger partial charge in [0.2, 0.25) is 0 Å². The molecule has 9 aromatic rings. The van der Waals surface area contributed by atoms with Crippen molar-refractivity contribution in [2.75, 3.05) is 0 Å². The highest BCUT2D eigenvalue weighted by Crippen LogP contribution is 2.44. The molecule has 0 N–H and O–H groups in total. The van der Waals surface area contributed by atoms with Gasteiger partial charge in [0.05, 0.1) is 27.8 Å². The molecule has 38 heavy (non-hydrogen) atoms. The zero-order valence-electron chi connectivity index (χ0n) is 20.1. The highest BCUT2D eigenvalue weighted by Gasteiger charge is 2.23. The molecule has 0 aliphatic heterocycles. The number of rotatable bonds is 2. The molecule has 0 saturated heterocycles. The topological polar surface area (TPSA) is 43.1 Å². The molecule has 176 valence electrons. The second-order valence-electron chi connectivity index (χ2n) is 9.65. The number of thiophene rings is 1. The van der Waals surface area contributed by atoms with Gasteiger partial charge in [0, 0.05) is 36.5 Å². The highest BCUT2D eigenvalue weighted by molar-refractivity contribution is 7.26. The molecule has 0 aliphatic carbocycles. The predicted octanol–water partition coefficient (Wildman–Crippen LogP) is 8.72. The summed E-state index contributed by atoms with van der Waals surface area (Å²) in [4.78, 5) is 15.5. The lowest BCUT2D eigenvalue weighted by Crippen LogP contribution is -1.99. The molecule has 0 bridgehead atoms. The molecule has 4 heterocycles. The van der Waals surface area contributed by atoms with Gasteiger partial charge in [-0.3, -0.25) is 4.40 Å². The normalized spacial score (nSPS) is 12.2. The SMILES string of the molecule is c1ccc(-c2nc(-c3nc4ccc5sc6cccc7c8ccccc8n3c4c5c67)nc3ccccc23)cc1. The third-order valence-electron chi connectivity index (χ3n) is 7.56. The number of nitrogens with zero attached hydrogens (tertiary/aromatic N) is 4. The Bertz CT molecular complexity index is 2350. The van der Waals surface area contributed by atoms with Crippen molar-refractivity contribution >= 4 is 69.7 Å². The molecule has 0 spiro atoms. The summed E-state index contributed by atoms with van der Waals surface area (Å²) in [7, 11) is 0. The smallest absolute Gasteiger partial charge is 0.197 e. The van der Waals surface area contributed by atoms with Gasteiger partial charge in [0.1, 0.15) is 0 Å². The van der Waals surface area contributed by atoms with Crippen molar-refractivity contribution in [2.45, 2.75) is 0 Å². The van der Waals surface area contributed by atoms with Crippen LogP contribution in [0.4, 0.5) is 0 Å². The first-order chi connectivity index (χ1) is 18.8. The molecule has 0 radical (unpaired) electrons. The number of benzene rings is 5. The summed E-state index contributed by atoms with van der Waals surface area (Å²) in [5.41, 5.74) is 6.07. The molecule has 0 amide bonds. The Morgan fingerprint density at radius 1 is 0.526 bits per heavy atom. The lowest BCUT2D eigenvalue weighted by Gasteiger charge is -2.09. The van der Waals surface area contributed by atoms with Crippen LogP contribution in [0.5, 0.6) is 0 Å². The van der Waals surface area contributed by atoms with Crippen LogP contribution in [0, 0.1) is 0 Å². The molecule has 0 atom stereocenters. The maximum absolute atomic E-state index is 5.20. The van der Waals surface area contributed by atoms with E-state index >= 15 is 0 Å². The van der Waals surface area contributed by atoms with E-state index in [2.05, 4.69) is 95.4 Å². The third kappa shape index (κ3) is 2.61. The van der Waals surface area contributed by atoms with Gasteiger partial charge >= 0.3 is 0 Å². The summed E-state index contributed by atoms with van der Waals surface area (Å²) >= 11 is 1.84. The second kappa shape index (κ2) is 7.34. The van der Waals surface area contributed by atoms with Crippen molar-refractivity contribution in [3.05, 3.63) is 109 Å². The summed E-state index contributed by atoms with van der Waals surface area (Å²) < 4.78 is 4.85. The molecular weight excluding hydrogens is 484 g/mol. The average molecular weight is 503 g/mol. The number of aromatic nitrogens is 4. The number of fused-ring (bicyclic) bond motifs is 4. The van der Waals surface area contributed by atoms with E-state index in [1.807, 2.05) is 29.5 Å². The molecule has 5 heteroatoms. The lowest BCUT2D eigenvalue weighted by atomic mass is 10.1. The summed E-state index contributed by atoms with van der Waals surface area (Å²) in [6.07, 6.45) is 0. The van der Waals surface area contributed by atoms with Crippen LogP contribution in [0.1, 0.15) is 0 Å². The maximum Gasteiger partial charge on any atom is 0.197 e. The Balaban J connectivity index is 1.52. The largest absolute Gasteiger partial charge is 0.288 e. The number of hydrogen-bond donors (Lipinski definition) is 0. The minimum atomic E-state index is 0.624. The van der Waals surface area contributed by atoms with Crippen LogP contribution in [0.25, 0.3) is 81.3 Å². The lowest BCUT2D eigenvalue weighted by molar-refractivity contribution is 1.13. The monoisotopic (exact) mass is 502 g/mol.